The van der Waals surface area contributed by atoms with Crippen LogP contribution in [-0.2, 0) is 16.1 Å². The lowest BCUT2D eigenvalue weighted by molar-refractivity contribution is -0.146. The van der Waals surface area contributed by atoms with Gasteiger partial charge in [-0.15, -0.1) is 0 Å². The predicted molar refractivity (Wildman–Crippen MR) is 87.5 cm³/mol. The Hall–Kier alpha value is -1.40. The molecule has 0 bridgehead atoms. The normalized spacial score (nSPS) is 18.9. The molecule has 1 aromatic rings. The number of likely N-dealkylation sites (tertiary alicyclic amines) is 1. The highest BCUT2D eigenvalue weighted by Crippen LogP contribution is 2.19. The molecule has 1 saturated heterocycles. The van der Waals surface area contributed by atoms with Crippen molar-refractivity contribution in [2.45, 2.75) is 31.8 Å². The number of hydrogen-bond donors (Lipinski definition) is 1. The second-order valence-corrected chi connectivity index (χ2v) is 6.52. The number of halogens is 1. The Balaban J connectivity index is 1.96. The molecular weight excluding hydrogens is 348 g/mol. The first-order valence-corrected chi connectivity index (χ1v) is 8.22. The van der Waals surface area contributed by atoms with E-state index in [1.807, 2.05) is 24.3 Å². The van der Waals surface area contributed by atoms with Crippen LogP contribution in [0.3, 0.4) is 0 Å². The van der Waals surface area contributed by atoms with Gasteiger partial charge in [0.15, 0.2) is 0 Å². The van der Waals surface area contributed by atoms with Crippen molar-refractivity contribution in [3.05, 3.63) is 34.3 Å². The molecule has 1 heterocycles. The Morgan fingerprint density at radius 3 is 2.77 bits per heavy atom. The molecule has 1 aliphatic rings. The van der Waals surface area contributed by atoms with Crippen LogP contribution in [0.4, 0.5) is 0 Å². The first-order chi connectivity index (χ1) is 10.5. The summed E-state index contributed by atoms with van der Waals surface area (Å²) in [6.07, 6.45) is 2.48. The molecule has 0 radical (unpaired) electrons. The molecule has 2 rings (SSSR count). The third-order valence-electron chi connectivity index (χ3n) is 4.03. The molecule has 1 unspecified atom stereocenters. The summed E-state index contributed by atoms with van der Waals surface area (Å²) in [4.78, 5) is 27.1. The standard InChI is InChI=1S/C16H21BrN2O3/c1-18(10-12-6-2-3-7-13(12)17)15(20)11-19-9-5-4-8-14(19)16(21)22/h2-3,6-7,14H,4-5,8-11H2,1H3,(H,21,22). The molecule has 0 spiro atoms. The van der Waals surface area contributed by atoms with Gasteiger partial charge in [0.25, 0.3) is 0 Å². The van der Waals surface area contributed by atoms with Crippen molar-refractivity contribution in [3.8, 4) is 0 Å². The molecular formula is C16H21BrN2O3. The Morgan fingerprint density at radius 2 is 2.09 bits per heavy atom. The minimum Gasteiger partial charge on any atom is -0.480 e. The van der Waals surface area contributed by atoms with E-state index in [2.05, 4.69) is 15.9 Å². The van der Waals surface area contributed by atoms with Gasteiger partial charge in [0.05, 0.1) is 6.54 Å². The molecule has 1 aliphatic heterocycles. The van der Waals surface area contributed by atoms with Gasteiger partial charge in [0.1, 0.15) is 6.04 Å². The molecule has 0 aromatic heterocycles. The number of likely N-dealkylation sites (N-methyl/N-ethyl adjacent to an activating group) is 1. The average Bonchev–Trinajstić information content (AvgIpc) is 2.49. The smallest absolute Gasteiger partial charge is 0.320 e. The van der Waals surface area contributed by atoms with E-state index in [0.29, 0.717) is 19.5 Å². The van der Waals surface area contributed by atoms with Crippen molar-refractivity contribution in [2.75, 3.05) is 20.1 Å². The topological polar surface area (TPSA) is 60.9 Å². The van der Waals surface area contributed by atoms with Crippen molar-refractivity contribution in [1.82, 2.24) is 9.80 Å². The third-order valence-corrected chi connectivity index (χ3v) is 4.80. The molecule has 5 nitrogen and oxygen atoms in total. The molecule has 0 aliphatic carbocycles. The quantitative estimate of drug-likeness (QED) is 0.866. The average molecular weight is 369 g/mol. The van der Waals surface area contributed by atoms with Crippen LogP contribution in [-0.4, -0.2) is 53.0 Å². The van der Waals surface area contributed by atoms with Gasteiger partial charge in [-0.05, 0) is 31.0 Å². The zero-order valence-electron chi connectivity index (χ0n) is 12.7. The summed E-state index contributed by atoms with van der Waals surface area (Å²) in [7, 11) is 1.75. The van der Waals surface area contributed by atoms with E-state index in [0.717, 1.165) is 22.9 Å². The third kappa shape index (κ3) is 4.30. The summed E-state index contributed by atoms with van der Waals surface area (Å²) in [5, 5.41) is 9.26. The number of piperidine rings is 1. The number of carboxylic acid groups (broad SMARTS) is 1. The summed E-state index contributed by atoms with van der Waals surface area (Å²) in [6, 6.07) is 7.24. The Morgan fingerprint density at radius 1 is 1.36 bits per heavy atom. The van der Waals surface area contributed by atoms with E-state index >= 15 is 0 Å². The van der Waals surface area contributed by atoms with Crippen LogP contribution < -0.4 is 0 Å². The van der Waals surface area contributed by atoms with Crippen LogP contribution in [0.5, 0.6) is 0 Å². The van der Waals surface area contributed by atoms with Gasteiger partial charge in [0.2, 0.25) is 5.91 Å². The van der Waals surface area contributed by atoms with Crippen LogP contribution in [0.2, 0.25) is 0 Å². The molecule has 1 N–H and O–H groups in total. The molecule has 22 heavy (non-hydrogen) atoms. The fourth-order valence-corrected chi connectivity index (χ4v) is 3.13. The first kappa shape index (κ1) is 17.0. The van der Waals surface area contributed by atoms with Gasteiger partial charge < -0.3 is 10.0 Å². The number of hydrogen-bond acceptors (Lipinski definition) is 3. The maximum Gasteiger partial charge on any atom is 0.320 e. The minimum absolute atomic E-state index is 0.0519. The van der Waals surface area contributed by atoms with Crippen LogP contribution in [0.1, 0.15) is 24.8 Å². The zero-order valence-corrected chi connectivity index (χ0v) is 14.3. The highest BCUT2D eigenvalue weighted by Gasteiger charge is 2.30. The molecule has 1 atom stereocenters. The van der Waals surface area contributed by atoms with Crippen molar-refractivity contribution in [3.63, 3.8) is 0 Å². The summed E-state index contributed by atoms with van der Waals surface area (Å²) < 4.78 is 0.969. The highest BCUT2D eigenvalue weighted by atomic mass is 79.9. The Labute approximate surface area is 139 Å². The Kier molecular flexibility index (Phi) is 5.97. The fraction of sp³-hybridized carbons (Fsp3) is 0.500. The first-order valence-electron chi connectivity index (χ1n) is 7.43. The van der Waals surface area contributed by atoms with Gasteiger partial charge in [0, 0.05) is 18.1 Å². The predicted octanol–water partition coefficient (Wildman–Crippen LogP) is 2.35. The number of rotatable bonds is 5. The number of aliphatic carboxylic acids is 1. The van der Waals surface area contributed by atoms with E-state index in [4.69, 9.17) is 0 Å². The van der Waals surface area contributed by atoms with Crippen molar-refractivity contribution < 1.29 is 14.7 Å². The SMILES string of the molecule is CN(Cc1ccccc1Br)C(=O)CN1CCCCC1C(=O)O. The van der Waals surface area contributed by atoms with Crippen LogP contribution in [0, 0.1) is 0 Å². The molecule has 0 saturated carbocycles. The van der Waals surface area contributed by atoms with Crippen molar-refractivity contribution in [2.24, 2.45) is 0 Å². The van der Waals surface area contributed by atoms with E-state index < -0.39 is 12.0 Å². The number of carbonyl (C=O) groups is 2. The number of carboxylic acids is 1. The summed E-state index contributed by atoms with van der Waals surface area (Å²) >= 11 is 3.47. The van der Waals surface area contributed by atoms with Crippen LogP contribution in [0.25, 0.3) is 0 Å². The largest absolute Gasteiger partial charge is 0.480 e. The molecule has 1 aromatic carbocycles. The van der Waals surface area contributed by atoms with Crippen LogP contribution >= 0.6 is 15.9 Å². The number of amides is 1. The van der Waals surface area contributed by atoms with E-state index in [1.165, 1.54) is 0 Å². The maximum absolute atomic E-state index is 12.4. The van der Waals surface area contributed by atoms with Gasteiger partial charge >= 0.3 is 5.97 Å². The molecule has 120 valence electrons. The van der Waals surface area contributed by atoms with Crippen LogP contribution in [0.15, 0.2) is 28.7 Å². The van der Waals surface area contributed by atoms with E-state index in [1.54, 1.807) is 16.8 Å². The molecule has 6 heteroatoms. The molecule has 1 amide bonds. The fourth-order valence-electron chi connectivity index (χ4n) is 2.72. The summed E-state index contributed by atoms with van der Waals surface area (Å²) in [5.41, 5.74) is 1.03. The van der Waals surface area contributed by atoms with E-state index in [9.17, 15) is 14.7 Å². The van der Waals surface area contributed by atoms with Gasteiger partial charge in [-0.25, -0.2) is 0 Å². The summed E-state index contributed by atoms with van der Waals surface area (Å²) in [6.45, 7) is 1.34. The summed E-state index contributed by atoms with van der Waals surface area (Å²) in [5.74, 6) is -0.884. The van der Waals surface area contributed by atoms with Gasteiger partial charge in [-0.2, -0.15) is 0 Å². The number of carbonyl (C=O) groups excluding carboxylic acids is 1. The zero-order chi connectivity index (χ0) is 16.1. The second-order valence-electron chi connectivity index (χ2n) is 5.66. The lowest BCUT2D eigenvalue weighted by Crippen LogP contribution is -2.49. The minimum atomic E-state index is -0.832. The Bertz CT molecular complexity index is 550. The lowest BCUT2D eigenvalue weighted by Gasteiger charge is -2.33. The van der Waals surface area contributed by atoms with Gasteiger partial charge in [-0.3, -0.25) is 14.5 Å². The number of nitrogens with zero attached hydrogens (tertiary/aromatic N) is 2. The molecule has 1 fully saturated rings. The van der Waals surface area contributed by atoms with Crippen molar-refractivity contribution >= 4 is 27.8 Å². The van der Waals surface area contributed by atoms with E-state index in [-0.39, 0.29) is 12.5 Å². The number of benzene rings is 1. The maximum atomic E-state index is 12.4. The highest BCUT2D eigenvalue weighted by molar-refractivity contribution is 9.10. The van der Waals surface area contributed by atoms with Gasteiger partial charge in [-0.1, -0.05) is 40.5 Å². The monoisotopic (exact) mass is 368 g/mol. The lowest BCUT2D eigenvalue weighted by atomic mass is 10.0. The van der Waals surface area contributed by atoms with Crippen molar-refractivity contribution in [1.29, 1.82) is 0 Å². The second kappa shape index (κ2) is 7.74.